The largest absolute Gasteiger partial charge is 0.369 e. The van der Waals surface area contributed by atoms with Crippen molar-refractivity contribution in [3.63, 3.8) is 0 Å². The Balaban J connectivity index is 1.75. The third-order valence-corrected chi connectivity index (χ3v) is 6.54. The smallest absolute Gasteiger partial charge is 0.274 e. The number of carbonyl (C=O) groups excluding carboxylic acids is 2. The van der Waals surface area contributed by atoms with E-state index in [0.717, 1.165) is 5.01 Å². The molecule has 7 heteroatoms. The highest BCUT2D eigenvalue weighted by atomic mass is 32.1. The summed E-state index contributed by atoms with van der Waals surface area (Å²) in [6.07, 6.45) is 1.06. The van der Waals surface area contributed by atoms with E-state index < -0.39 is 5.41 Å². The Kier molecular flexibility index (Phi) is 3.70. The molecule has 1 aliphatic carbocycles. The second-order valence-corrected chi connectivity index (χ2v) is 8.34. The van der Waals surface area contributed by atoms with Gasteiger partial charge in [0.25, 0.3) is 5.91 Å². The number of carbonyl (C=O) groups is 2. The fourth-order valence-electron chi connectivity index (χ4n) is 4.05. The standard InChI is InChI=1S/C19H19FN3O2S/c1-9-7-19(18(21)25)8-14(19)23(9)17(24)15-16(26-11(3)22-15)12-5-4-6-13(20)10(12)2/h4-6,9,14H,1,7-8H2,2-3H3,(H2,21,25)/t9-,14-,19+/m0/s1. The van der Waals surface area contributed by atoms with Crippen molar-refractivity contribution in [2.75, 3.05) is 0 Å². The summed E-state index contributed by atoms with van der Waals surface area (Å²) >= 11 is 1.36. The molecule has 2 aliphatic rings. The minimum Gasteiger partial charge on any atom is -0.369 e. The molecule has 2 heterocycles. The number of hydrogen-bond acceptors (Lipinski definition) is 4. The average molecular weight is 372 g/mol. The van der Waals surface area contributed by atoms with E-state index in [0.29, 0.717) is 34.5 Å². The van der Waals surface area contributed by atoms with E-state index in [1.54, 1.807) is 24.0 Å². The fourth-order valence-corrected chi connectivity index (χ4v) is 5.04. The first-order chi connectivity index (χ1) is 12.3. The van der Waals surface area contributed by atoms with E-state index in [1.165, 1.54) is 17.4 Å². The van der Waals surface area contributed by atoms with E-state index in [9.17, 15) is 14.0 Å². The van der Waals surface area contributed by atoms with Crippen molar-refractivity contribution >= 4 is 23.2 Å². The Morgan fingerprint density at radius 2 is 2.12 bits per heavy atom. The highest BCUT2D eigenvalue weighted by Gasteiger charge is 2.68. The van der Waals surface area contributed by atoms with Gasteiger partial charge in [-0.05, 0) is 50.8 Å². The van der Waals surface area contributed by atoms with Gasteiger partial charge in [0.15, 0.2) is 0 Å². The molecule has 1 saturated heterocycles. The Morgan fingerprint density at radius 3 is 2.77 bits per heavy atom. The Labute approximate surface area is 155 Å². The zero-order valence-electron chi connectivity index (χ0n) is 14.6. The number of aromatic nitrogens is 1. The molecule has 2 fully saturated rings. The lowest BCUT2D eigenvalue weighted by Crippen LogP contribution is -2.37. The van der Waals surface area contributed by atoms with Crippen LogP contribution in [0.3, 0.4) is 0 Å². The molecule has 0 bridgehead atoms. The number of aryl methyl sites for hydroxylation is 1. The molecule has 1 aromatic heterocycles. The SMILES string of the molecule is [CH2][C@H]1C[C@@]2(C(N)=O)C[C@@H]2N1C(=O)c1nc(C)sc1-c1cccc(F)c1C. The molecule has 135 valence electrons. The summed E-state index contributed by atoms with van der Waals surface area (Å²) in [7, 11) is 0. The van der Waals surface area contributed by atoms with Gasteiger partial charge in [0.05, 0.1) is 15.3 Å². The zero-order valence-corrected chi connectivity index (χ0v) is 15.4. The maximum atomic E-state index is 14.0. The van der Waals surface area contributed by atoms with Crippen molar-refractivity contribution in [2.24, 2.45) is 11.1 Å². The molecule has 2 aromatic rings. The quantitative estimate of drug-likeness (QED) is 0.900. The number of piperidine rings is 1. The zero-order chi connectivity index (χ0) is 18.8. The van der Waals surface area contributed by atoms with E-state index >= 15 is 0 Å². The van der Waals surface area contributed by atoms with Crippen molar-refractivity contribution in [1.82, 2.24) is 9.88 Å². The van der Waals surface area contributed by atoms with Gasteiger partial charge >= 0.3 is 0 Å². The minimum atomic E-state index is -0.637. The third-order valence-electron chi connectivity index (χ3n) is 5.54. The van der Waals surface area contributed by atoms with Crippen LogP contribution in [-0.2, 0) is 4.79 Å². The van der Waals surface area contributed by atoms with Gasteiger partial charge in [-0.3, -0.25) is 9.59 Å². The number of benzene rings is 1. The summed E-state index contributed by atoms with van der Waals surface area (Å²) in [5.74, 6) is -0.959. The number of likely N-dealkylation sites (tertiary alicyclic amines) is 1. The van der Waals surface area contributed by atoms with Crippen LogP contribution in [0.1, 0.15) is 33.9 Å². The Bertz CT molecular complexity index is 941. The summed E-state index contributed by atoms with van der Waals surface area (Å²) in [4.78, 5) is 31.7. The lowest BCUT2D eigenvalue weighted by molar-refractivity contribution is -0.123. The molecule has 1 radical (unpaired) electrons. The van der Waals surface area contributed by atoms with Crippen LogP contribution in [0, 0.1) is 32.0 Å². The number of hydrogen-bond donors (Lipinski definition) is 1. The van der Waals surface area contributed by atoms with Crippen molar-refractivity contribution in [2.45, 2.75) is 38.8 Å². The molecule has 2 amide bonds. The normalized spacial score (nSPS) is 26.7. The molecule has 1 aliphatic heterocycles. The highest BCUT2D eigenvalue weighted by molar-refractivity contribution is 7.15. The van der Waals surface area contributed by atoms with Crippen LogP contribution in [0.5, 0.6) is 0 Å². The second kappa shape index (κ2) is 5.61. The first kappa shape index (κ1) is 17.1. The third kappa shape index (κ3) is 2.30. The lowest BCUT2D eigenvalue weighted by atomic mass is 10.00. The molecule has 5 nitrogen and oxygen atoms in total. The van der Waals surface area contributed by atoms with Crippen LogP contribution in [0.4, 0.5) is 4.39 Å². The number of rotatable bonds is 3. The number of halogens is 1. The van der Waals surface area contributed by atoms with Crippen molar-refractivity contribution in [3.05, 3.63) is 47.2 Å². The number of thiazole rings is 1. The minimum absolute atomic E-state index is 0.210. The maximum absolute atomic E-state index is 14.0. The van der Waals surface area contributed by atoms with E-state index in [1.807, 2.05) is 6.92 Å². The number of amides is 2. The van der Waals surface area contributed by atoms with Gasteiger partial charge < -0.3 is 10.6 Å². The molecular formula is C19H19FN3O2S. The predicted octanol–water partition coefficient (Wildman–Crippen LogP) is 2.86. The first-order valence-electron chi connectivity index (χ1n) is 8.45. The predicted molar refractivity (Wildman–Crippen MR) is 96.9 cm³/mol. The maximum Gasteiger partial charge on any atom is 0.274 e. The fraction of sp³-hybridized carbons (Fsp3) is 0.368. The molecule has 0 unspecified atom stereocenters. The van der Waals surface area contributed by atoms with Crippen LogP contribution in [-0.4, -0.2) is 33.8 Å². The number of fused-ring (bicyclic) bond motifs is 1. The summed E-state index contributed by atoms with van der Waals surface area (Å²) in [6.45, 7) is 7.53. The van der Waals surface area contributed by atoms with Crippen LogP contribution in [0.2, 0.25) is 0 Å². The van der Waals surface area contributed by atoms with E-state index in [4.69, 9.17) is 5.73 Å². The number of primary amides is 1. The number of nitrogens with two attached hydrogens (primary N) is 1. The average Bonchev–Trinajstić information content (AvgIpc) is 3.02. The Morgan fingerprint density at radius 1 is 1.38 bits per heavy atom. The topological polar surface area (TPSA) is 76.3 Å². The van der Waals surface area contributed by atoms with E-state index in [2.05, 4.69) is 11.9 Å². The molecule has 3 atom stereocenters. The molecule has 4 rings (SSSR count). The summed E-state index contributed by atoms with van der Waals surface area (Å²) in [5.41, 5.74) is 6.34. The molecular weight excluding hydrogens is 353 g/mol. The summed E-state index contributed by atoms with van der Waals surface area (Å²) < 4.78 is 14.0. The van der Waals surface area contributed by atoms with Gasteiger partial charge in [-0.1, -0.05) is 12.1 Å². The molecule has 1 saturated carbocycles. The van der Waals surface area contributed by atoms with Gasteiger partial charge in [0.2, 0.25) is 5.91 Å². The summed E-state index contributed by atoms with van der Waals surface area (Å²) in [6, 6.07) is 4.28. The Hall–Kier alpha value is -2.28. The summed E-state index contributed by atoms with van der Waals surface area (Å²) in [5, 5.41) is 0.726. The van der Waals surface area contributed by atoms with Gasteiger partial charge in [-0.25, -0.2) is 9.37 Å². The molecule has 1 aromatic carbocycles. The van der Waals surface area contributed by atoms with Gasteiger partial charge in [0, 0.05) is 12.1 Å². The van der Waals surface area contributed by atoms with Gasteiger partial charge in [0.1, 0.15) is 11.5 Å². The number of nitrogens with zero attached hydrogens (tertiary/aromatic N) is 2. The molecule has 26 heavy (non-hydrogen) atoms. The van der Waals surface area contributed by atoms with Crippen molar-refractivity contribution in [3.8, 4) is 10.4 Å². The first-order valence-corrected chi connectivity index (χ1v) is 9.26. The van der Waals surface area contributed by atoms with Crippen molar-refractivity contribution < 1.29 is 14.0 Å². The van der Waals surface area contributed by atoms with Gasteiger partial charge in [-0.2, -0.15) is 0 Å². The van der Waals surface area contributed by atoms with Crippen molar-refractivity contribution in [1.29, 1.82) is 0 Å². The van der Waals surface area contributed by atoms with Crippen LogP contribution in [0.25, 0.3) is 10.4 Å². The van der Waals surface area contributed by atoms with E-state index in [-0.39, 0.29) is 29.7 Å². The molecule has 0 spiro atoms. The molecule has 2 N–H and O–H groups in total. The van der Waals surface area contributed by atoms with Gasteiger partial charge in [-0.15, -0.1) is 11.3 Å². The second-order valence-electron chi connectivity index (χ2n) is 7.13. The monoisotopic (exact) mass is 372 g/mol. The highest BCUT2D eigenvalue weighted by Crippen LogP contribution is 2.59. The van der Waals surface area contributed by atoms with Crippen LogP contribution >= 0.6 is 11.3 Å². The lowest BCUT2D eigenvalue weighted by Gasteiger charge is -2.24. The van der Waals surface area contributed by atoms with Crippen LogP contribution in [0.15, 0.2) is 18.2 Å². The van der Waals surface area contributed by atoms with Crippen LogP contribution < -0.4 is 5.73 Å².